The van der Waals surface area contributed by atoms with Crippen molar-refractivity contribution >= 4 is 5.82 Å². The van der Waals surface area contributed by atoms with Gasteiger partial charge in [-0.3, -0.25) is 9.78 Å². The first kappa shape index (κ1) is 10.5. The maximum atomic E-state index is 11.3. The maximum absolute atomic E-state index is 11.3. The van der Waals surface area contributed by atoms with E-state index in [1.807, 2.05) is 6.92 Å². The van der Waals surface area contributed by atoms with E-state index < -0.39 is 11.2 Å². The summed E-state index contributed by atoms with van der Waals surface area (Å²) in [5.74, 6) is 0.155. The second-order valence-electron chi connectivity index (χ2n) is 3.03. The Bertz CT molecular complexity index is 409. The predicted octanol–water partition coefficient (Wildman–Crippen LogP) is -1.76. The zero-order valence-corrected chi connectivity index (χ0v) is 8.07. The molecule has 7 nitrogen and oxygen atoms in total. The summed E-state index contributed by atoms with van der Waals surface area (Å²) in [6, 6.07) is -0.0190. The Morgan fingerprint density at radius 2 is 2.21 bits per heavy atom. The first-order valence-corrected chi connectivity index (χ1v) is 4.18. The summed E-state index contributed by atoms with van der Waals surface area (Å²) < 4.78 is 0. The molecule has 4 N–H and O–H groups in total. The molecule has 0 amide bonds. The van der Waals surface area contributed by atoms with Crippen molar-refractivity contribution in [2.24, 2.45) is 5.73 Å². The van der Waals surface area contributed by atoms with Crippen molar-refractivity contribution in [3.8, 4) is 0 Å². The summed E-state index contributed by atoms with van der Waals surface area (Å²) >= 11 is 0. The molecule has 1 aromatic heterocycles. The Labute approximate surface area is 79.9 Å². The minimum Gasteiger partial charge on any atom is -0.350 e. The smallest absolute Gasteiger partial charge is 0.342 e. The molecule has 0 saturated heterocycles. The van der Waals surface area contributed by atoms with Gasteiger partial charge < -0.3 is 10.6 Å². The van der Waals surface area contributed by atoms with E-state index >= 15 is 0 Å². The molecule has 0 aliphatic carbocycles. The zero-order valence-electron chi connectivity index (χ0n) is 8.07. The molecular weight excluding hydrogens is 186 g/mol. The highest BCUT2D eigenvalue weighted by atomic mass is 16.2. The number of nitrogens with two attached hydrogens (primary N) is 1. The fraction of sp³-hybridized carbons (Fsp3) is 0.571. The van der Waals surface area contributed by atoms with Gasteiger partial charge in [0.25, 0.3) is 5.56 Å². The second kappa shape index (κ2) is 4.05. The van der Waals surface area contributed by atoms with Gasteiger partial charge in [-0.05, 0) is 6.92 Å². The van der Waals surface area contributed by atoms with Crippen LogP contribution in [0, 0.1) is 0 Å². The van der Waals surface area contributed by atoms with Crippen LogP contribution in [0.15, 0.2) is 9.59 Å². The zero-order chi connectivity index (χ0) is 10.7. The van der Waals surface area contributed by atoms with Crippen LogP contribution in [0.1, 0.15) is 6.92 Å². The van der Waals surface area contributed by atoms with Crippen molar-refractivity contribution in [2.75, 3.05) is 18.5 Å². The standard InChI is InChI=1S/C7H13N5O2/c1-4(3-8)12(2)5-6(13)9-7(14)11-10-5/h4H,3,8H2,1-2H3,(H2,9,11,13,14). The third kappa shape index (κ3) is 1.99. The van der Waals surface area contributed by atoms with Gasteiger partial charge in [-0.15, -0.1) is 5.10 Å². The van der Waals surface area contributed by atoms with E-state index in [0.717, 1.165) is 0 Å². The van der Waals surface area contributed by atoms with E-state index in [2.05, 4.69) is 15.2 Å². The second-order valence-corrected chi connectivity index (χ2v) is 3.03. The van der Waals surface area contributed by atoms with Crippen molar-refractivity contribution in [1.82, 2.24) is 15.2 Å². The molecular formula is C7H13N5O2. The van der Waals surface area contributed by atoms with Gasteiger partial charge in [0, 0.05) is 19.6 Å². The van der Waals surface area contributed by atoms with Crippen molar-refractivity contribution in [1.29, 1.82) is 0 Å². The van der Waals surface area contributed by atoms with Gasteiger partial charge in [-0.2, -0.15) is 0 Å². The summed E-state index contributed by atoms with van der Waals surface area (Å²) in [6.07, 6.45) is 0. The van der Waals surface area contributed by atoms with E-state index in [9.17, 15) is 9.59 Å². The molecule has 1 rings (SSSR count). The summed E-state index contributed by atoms with van der Waals surface area (Å²) in [5.41, 5.74) is 4.30. The lowest BCUT2D eigenvalue weighted by Gasteiger charge is -2.22. The van der Waals surface area contributed by atoms with Crippen molar-refractivity contribution in [3.05, 3.63) is 20.8 Å². The minimum atomic E-state index is -0.618. The fourth-order valence-corrected chi connectivity index (χ4v) is 0.947. The fourth-order valence-electron chi connectivity index (χ4n) is 0.947. The molecule has 1 heterocycles. The number of aromatic nitrogens is 3. The molecule has 0 aliphatic heterocycles. The highest BCUT2D eigenvalue weighted by Gasteiger charge is 2.13. The molecule has 0 aromatic carbocycles. The minimum absolute atomic E-state index is 0.0190. The molecule has 1 aromatic rings. The number of anilines is 1. The first-order valence-electron chi connectivity index (χ1n) is 4.18. The number of rotatable bonds is 3. The van der Waals surface area contributed by atoms with E-state index in [4.69, 9.17) is 5.73 Å². The topological polar surface area (TPSA) is 108 Å². The Morgan fingerprint density at radius 3 is 2.71 bits per heavy atom. The number of hydrogen-bond donors (Lipinski definition) is 3. The first-order chi connectivity index (χ1) is 6.56. The van der Waals surface area contributed by atoms with Crippen LogP contribution in [-0.4, -0.2) is 34.8 Å². The molecule has 0 fully saturated rings. The molecule has 0 spiro atoms. The number of likely N-dealkylation sites (N-methyl/N-ethyl adjacent to an activating group) is 1. The van der Waals surface area contributed by atoms with Crippen LogP contribution >= 0.6 is 0 Å². The van der Waals surface area contributed by atoms with Gasteiger partial charge in [-0.25, -0.2) is 9.89 Å². The van der Waals surface area contributed by atoms with E-state index in [1.165, 1.54) is 0 Å². The van der Waals surface area contributed by atoms with Crippen LogP contribution < -0.4 is 21.9 Å². The summed E-state index contributed by atoms with van der Waals surface area (Å²) in [4.78, 5) is 25.7. The predicted molar refractivity (Wildman–Crippen MR) is 52.4 cm³/mol. The lowest BCUT2D eigenvalue weighted by molar-refractivity contribution is 0.672. The maximum Gasteiger partial charge on any atom is 0.342 e. The third-order valence-electron chi connectivity index (χ3n) is 2.03. The summed E-state index contributed by atoms with van der Waals surface area (Å²) in [7, 11) is 1.69. The summed E-state index contributed by atoms with van der Waals surface area (Å²) in [5, 5.41) is 5.79. The summed E-state index contributed by atoms with van der Waals surface area (Å²) in [6.45, 7) is 2.25. The quantitative estimate of drug-likeness (QED) is 0.534. The Kier molecular flexibility index (Phi) is 3.03. The Hall–Kier alpha value is -1.63. The van der Waals surface area contributed by atoms with Crippen LogP contribution in [0.3, 0.4) is 0 Å². The Balaban J connectivity index is 3.08. The molecule has 78 valence electrons. The third-order valence-corrected chi connectivity index (χ3v) is 2.03. The number of aromatic amines is 2. The van der Waals surface area contributed by atoms with Gasteiger partial charge in [0.2, 0.25) is 5.82 Å². The van der Waals surface area contributed by atoms with Crippen LogP contribution in [0.5, 0.6) is 0 Å². The van der Waals surface area contributed by atoms with Crippen LogP contribution in [0.2, 0.25) is 0 Å². The SMILES string of the molecule is CC(CN)N(C)c1n[nH]c(=O)[nH]c1=O. The molecule has 0 radical (unpaired) electrons. The normalized spacial score (nSPS) is 12.5. The van der Waals surface area contributed by atoms with Crippen LogP contribution in [0.4, 0.5) is 5.82 Å². The average molecular weight is 199 g/mol. The molecule has 1 atom stereocenters. The molecule has 0 saturated carbocycles. The number of nitrogens with one attached hydrogen (secondary N) is 2. The molecule has 0 bridgehead atoms. The van der Waals surface area contributed by atoms with E-state index in [1.54, 1.807) is 11.9 Å². The molecule has 7 heteroatoms. The van der Waals surface area contributed by atoms with Crippen molar-refractivity contribution in [2.45, 2.75) is 13.0 Å². The lowest BCUT2D eigenvalue weighted by Crippen LogP contribution is -2.40. The van der Waals surface area contributed by atoms with Crippen molar-refractivity contribution in [3.63, 3.8) is 0 Å². The molecule has 0 aliphatic rings. The van der Waals surface area contributed by atoms with E-state index in [-0.39, 0.29) is 11.9 Å². The lowest BCUT2D eigenvalue weighted by atomic mass is 10.3. The highest BCUT2D eigenvalue weighted by molar-refractivity contribution is 5.33. The van der Waals surface area contributed by atoms with Crippen LogP contribution in [0.25, 0.3) is 0 Å². The van der Waals surface area contributed by atoms with Gasteiger partial charge >= 0.3 is 5.69 Å². The van der Waals surface area contributed by atoms with Crippen molar-refractivity contribution < 1.29 is 0 Å². The number of nitrogens with zero attached hydrogens (tertiary/aromatic N) is 2. The Morgan fingerprint density at radius 1 is 1.57 bits per heavy atom. The molecule has 1 unspecified atom stereocenters. The molecule has 14 heavy (non-hydrogen) atoms. The van der Waals surface area contributed by atoms with Gasteiger partial charge in [0.15, 0.2) is 0 Å². The highest BCUT2D eigenvalue weighted by Crippen LogP contribution is 2.01. The van der Waals surface area contributed by atoms with Crippen LogP contribution in [-0.2, 0) is 0 Å². The largest absolute Gasteiger partial charge is 0.350 e. The van der Waals surface area contributed by atoms with Gasteiger partial charge in [0.1, 0.15) is 0 Å². The number of H-pyrrole nitrogens is 2. The number of hydrogen-bond acceptors (Lipinski definition) is 5. The monoisotopic (exact) mass is 199 g/mol. The van der Waals surface area contributed by atoms with E-state index in [0.29, 0.717) is 6.54 Å². The van der Waals surface area contributed by atoms with Gasteiger partial charge in [-0.1, -0.05) is 0 Å². The average Bonchev–Trinajstić information content (AvgIpc) is 2.15. The van der Waals surface area contributed by atoms with Gasteiger partial charge in [0.05, 0.1) is 0 Å².